The summed E-state index contributed by atoms with van der Waals surface area (Å²) in [4.78, 5) is 21.0. The molecule has 1 aliphatic carbocycles. The number of ether oxygens (including phenoxy) is 2. The van der Waals surface area contributed by atoms with Gasteiger partial charge in [0.2, 0.25) is 0 Å². The van der Waals surface area contributed by atoms with Crippen molar-refractivity contribution >= 4 is 28.6 Å². The molecule has 1 aliphatic rings. The number of fused-ring (bicyclic) bond motifs is 1. The highest BCUT2D eigenvalue weighted by Gasteiger charge is 2.23. The third-order valence-electron chi connectivity index (χ3n) is 6.25. The molecule has 1 amide bonds. The molecule has 1 fully saturated rings. The van der Waals surface area contributed by atoms with Crippen molar-refractivity contribution in [3.8, 4) is 17.6 Å². The highest BCUT2D eigenvalue weighted by Crippen LogP contribution is 2.34. The van der Waals surface area contributed by atoms with Gasteiger partial charge < -0.3 is 20.1 Å². The molecule has 3 N–H and O–H groups in total. The number of nitrogens with zero attached hydrogens (tertiary/aromatic N) is 4. The molecule has 36 heavy (non-hydrogen) atoms. The third-order valence-corrected chi connectivity index (χ3v) is 6.25. The Kier molecular flexibility index (Phi) is 6.73. The Morgan fingerprint density at radius 1 is 1.08 bits per heavy atom. The molecule has 0 aliphatic heterocycles. The van der Waals surface area contributed by atoms with Crippen LogP contribution in [0.5, 0.6) is 11.5 Å². The van der Waals surface area contributed by atoms with Gasteiger partial charge >= 0.3 is 0 Å². The minimum Gasteiger partial charge on any atom is -0.456 e. The summed E-state index contributed by atoms with van der Waals surface area (Å²) in [5.41, 5.74) is 1.48. The van der Waals surface area contributed by atoms with Crippen molar-refractivity contribution in [2.24, 2.45) is 0 Å². The van der Waals surface area contributed by atoms with E-state index in [4.69, 9.17) is 14.7 Å². The lowest BCUT2D eigenvalue weighted by atomic mass is 9.93. The lowest BCUT2D eigenvalue weighted by Gasteiger charge is -2.28. The Hall–Kier alpha value is -4.49. The average Bonchev–Trinajstić information content (AvgIpc) is 3.33. The van der Waals surface area contributed by atoms with Crippen LogP contribution in [0.4, 0.5) is 11.6 Å². The lowest BCUT2D eigenvalue weighted by molar-refractivity contribution is 0.0681. The maximum Gasteiger partial charge on any atom is 0.256 e. The number of aromatic nitrogens is 4. The van der Waals surface area contributed by atoms with E-state index in [1.807, 2.05) is 6.07 Å². The van der Waals surface area contributed by atoms with Crippen molar-refractivity contribution < 1.29 is 14.3 Å². The summed E-state index contributed by atoms with van der Waals surface area (Å²) in [6.07, 6.45) is 7.49. The van der Waals surface area contributed by atoms with Crippen LogP contribution >= 0.6 is 0 Å². The van der Waals surface area contributed by atoms with Crippen LogP contribution in [-0.4, -0.2) is 45.3 Å². The summed E-state index contributed by atoms with van der Waals surface area (Å²) < 4.78 is 11.6. The number of hydrogen-bond acceptors (Lipinski definition) is 8. The van der Waals surface area contributed by atoms with Gasteiger partial charge in [-0.2, -0.15) is 10.4 Å². The lowest BCUT2D eigenvalue weighted by Crippen LogP contribution is -2.29. The van der Waals surface area contributed by atoms with Gasteiger partial charge in [0.25, 0.3) is 5.91 Å². The quantitative estimate of drug-likeness (QED) is 0.346. The first-order valence-corrected chi connectivity index (χ1v) is 11.7. The fourth-order valence-corrected chi connectivity index (χ4v) is 4.31. The Bertz CT molecular complexity index is 1400. The standard InChI is InChI=1S/C26H25N7O3/c1-35-19-8-4-18(5-9-19)30-25-23-21(11-13-29-24(23)32-33-25)36-20-6-2-17(3-7-20)26(34)31-22-14-16(15-27)10-12-28-22/h2-3,6-7,10-14,18-19H,4-5,8-9H2,1H3,(H,28,31,34)(H2,29,30,32,33)/t18-,19+. The molecule has 1 aromatic carbocycles. The predicted molar refractivity (Wildman–Crippen MR) is 134 cm³/mol. The summed E-state index contributed by atoms with van der Waals surface area (Å²) in [6.45, 7) is 0. The summed E-state index contributed by atoms with van der Waals surface area (Å²) in [5.74, 6) is 1.86. The van der Waals surface area contributed by atoms with Crippen molar-refractivity contribution in [2.75, 3.05) is 17.7 Å². The molecule has 0 unspecified atom stereocenters. The van der Waals surface area contributed by atoms with Gasteiger partial charge in [-0.1, -0.05) is 0 Å². The zero-order valence-corrected chi connectivity index (χ0v) is 19.7. The molecule has 3 aromatic heterocycles. The minimum atomic E-state index is -0.333. The topological polar surface area (TPSA) is 138 Å². The number of H-pyrrole nitrogens is 1. The monoisotopic (exact) mass is 483 g/mol. The van der Waals surface area contributed by atoms with E-state index < -0.39 is 0 Å². The fourth-order valence-electron chi connectivity index (χ4n) is 4.31. The SMILES string of the molecule is CO[C@H]1CC[C@@H](Nc2n[nH]c3nccc(Oc4ccc(C(=O)Nc5cc(C#N)ccn5)cc4)c23)CC1. The first-order chi connectivity index (χ1) is 17.6. The minimum absolute atomic E-state index is 0.303. The van der Waals surface area contributed by atoms with E-state index in [0.29, 0.717) is 52.1 Å². The summed E-state index contributed by atoms with van der Waals surface area (Å²) in [6, 6.07) is 14.0. The molecule has 0 bridgehead atoms. The van der Waals surface area contributed by atoms with E-state index in [-0.39, 0.29) is 5.91 Å². The van der Waals surface area contributed by atoms with Crippen molar-refractivity contribution in [1.29, 1.82) is 5.26 Å². The van der Waals surface area contributed by atoms with Crippen LogP contribution in [0.15, 0.2) is 54.9 Å². The number of aromatic amines is 1. The average molecular weight is 484 g/mol. The number of carbonyl (C=O) groups is 1. The maximum atomic E-state index is 12.6. The van der Waals surface area contributed by atoms with E-state index in [2.05, 4.69) is 30.8 Å². The van der Waals surface area contributed by atoms with Gasteiger partial charge in [0.1, 0.15) is 22.7 Å². The van der Waals surface area contributed by atoms with Crippen LogP contribution in [0.1, 0.15) is 41.6 Å². The molecule has 0 spiro atoms. The molecule has 182 valence electrons. The molecular weight excluding hydrogens is 458 g/mol. The van der Waals surface area contributed by atoms with Crippen LogP contribution in [0.2, 0.25) is 0 Å². The first kappa shape index (κ1) is 23.3. The number of rotatable bonds is 7. The first-order valence-electron chi connectivity index (χ1n) is 11.7. The highest BCUT2D eigenvalue weighted by molar-refractivity contribution is 6.03. The van der Waals surface area contributed by atoms with Gasteiger partial charge in [0.15, 0.2) is 11.5 Å². The van der Waals surface area contributed by atoms with Gasteiger partial charge in [0, 0.05) is 37.2 Å². The molecule has 4 aromatic rings. The van der Waals surface area contributed by atoms with Crippen molar-refractivity contribution in [2.45, 2.75) is 37.8 Å². The maximum absolute atomic E-state index is 12.6. The molecule has 1 saturated carbocycles. The number of anilines is 2. The zero-order valence-electron chi connectivity index (χ0n) is 19.7. The van der Waals surface area contributed by atoms with Gasteiger partial charge in [0.05, 0.1) is 17.7 Å². The van der Waals surface area contributed by atoms with Crippen molar-refractivity contribution in [3.05, 3.63) is 66.0 Å². The van der Waals surface area contributed by atoms with Gasteiger partial charge in [-0.25, -0.2) is 9.97 Å². The van der Waals surface area contributed by atoms with E-state index >= 15 is 0 Å². The number of amides is 1. The third kappa shape index (κ3) is 5.11. The molecule has 0 radical (unpaired) electrons. The Balaban J connectivity index is 1.29. The van der Waals surface area contributed by atoms with Crippen LogP contribution in [0.3, 0.4) is 0 Å². The van der Waals surface area contributed by atoms with E-state index in [1.54, 1.807) is 49.7 Å². The second-order valence-corrected chi connectivity index (χ2v) is 8.58. The Morgan fingerprint density at radius 2 is 1.86 bits per heavy atom. The number of benzene rings is 1. The molecule has 0 saturated heterocycles. The van der Waals surface area contributed by atoms with E-state index in [0.717, 1.165) is 31.1 Å². The highest BCUT2D eigenvalue weighted by atomic mass is 16.5. The largest absolute Gasteiger partial charge is 0.456 e. The second-order valence-electron chi connectivity index (χ2n) is 8.58. The molecule has 5 rings (SSSR count). The van der Waals surface area contributed by atoms with Crippen molar-refractivity contribution in [3.63, 3.8) is 0 Å². The van der Waals surface area contributed by atoms with Crippen molar-refractivity contribution in [1.82, 2.24) is 20.2 Å². The van der Waals surface area contributed by atoms with E-state index in [9.17, 15) is 4.79 Å². The number of nitrogens with one attached hydrogen (secondary N) is 3. The van der Waals surface area contributed by atoms with Gasteiger partial charge in [-0.3, -0.25) is 9.89 Å². The van der Waals surface area contributed by atoms with E-state index in [1.165, 1.54) is 12.3 Å². The number of nitriles is 1. The van der Waals surface area contributed by atoms with Gasteiger partial charge in [-0.15, -0.1) is 0 Å². The Labute approximate surface area is 207 Å². The normalized spacial score (nSPS) is 17.3. The molecule has 0 atom stereocenters. The number of methoxy groups -OCH3 is 1. The smallest absolute Gasteiger partial charge is 0.256 e. The summed E-state index contributed by atoms with van der Waals surface area (Å²) in [5, 5.41) is 23.4. The summed E-state index contributed by atoms with van der Waals surface area (Å²) >= 11 is 0. The van der Waals surface area contributed by atoms with Crippen LogP contribution in [0.25, 0.3) is 11.0 Å². The fraction of sp³-hybridized carbons (Fsp3) is 0.269. The Morgan fingerprint density at radius 3 is 2.61 bits per heavy atom. The number of pyridine rings is 2. The van der Waals surface area contributed by atoms with Crippen LogP contribution in [-0.2, 0) is 4.74 Å². The molecule has 10 heteroatoms. The number of hydrogen-bond donors (Lipinski definition) is 3. The predicted octanol–water partition coefficient (Wildman–Crippen LogP) is 4.64. The molecule has 3 heterocycles. The van der Waals surface area contributed by atoms with Crippen LogP contribution < -0.4 is 15.4 Å². The number of carbonyl (C=O) groups excluding carboxylic acids is 1. The van der Waals surface area contributed by atoms with Gasteiger partial charge in [-0.05, 0) is 62.1 Å². The summed E-state index contributed by atoms with van der Waals surface area (Å²) in [7, 11) is 1.76. The zero-order chi connectivity index (χ0) is 24.9. The molecular formula is C26H25N7O3. The molecule has 10 nitrogen and oxygen atoms in total. The second kappa shape index (κ2) is 10.4. The van der Waals surface area contributed by atoms with Crippen LogP contribution in [0, 0.1) is 11.3 Å².